The minimum atomic E-state index is -1.04. The van der Waals surface area contributed by atoms with E-state index in [4.69, 9.17) is 0 Å². The maximum absolute atomic E-state index is 12.7. The number of carbonyl (C=O) groups excluding carboxylic acids is 1. The van der Waals surface area contributed by atoms with Crippen molar-refractivity contribution in [3.05, 3.63) is 52.7 Å². The molecule has 2 rings (SSSR count). The van der Waals surface area contributed by atoms with Gasteiger partial charge in [-0.15, -0.1) is 0 Å². The lowest BCUT2D eigenvalue weighted by atomic mass is 9.93. The molecule has 0 aliphatic heterocycles. The van der Waals surface area contributed by atoms with Gasteiger partial charge in [-0.1, -0.05) is 62.9 Å². The maximum Gasteiger partial charge on any atom is 0.338 e. The average molecular weight is 357 g/mol. The molecular weight excluding hydrogens is 334 g/mol. The minimum absolute atomic E-state index is 0.0786. The lowest BCUT2D eigenvalue weighted by Gasteiger charge is -2.17. The van der Waals surface area contributed by atoms with Crippen molar-refractivity contribution in [1.29, 1.82) is 0 Å². The zero-order valence-electron chi connectivity index (χ0n) is 14.8. The number of hydrogen-bond acceptors (Lipinski definition) is 4. The molecule has 0 amide bonds. The number of carbonyl (C=O) groups is 2. The van der Waals surface area contributed by atoms with Crippen LogP contribution in [0, 0.1) is 0 Å². The summed E-state index contributed by atoms with van der Waals surface area (Å²) in [4.78, 5) is 29.3. The van der Waals surface area contributed by atoms with E-state index < -0.39 is 5.97 Å². The van der Waals surface area contributed by atoms with Crippen molar-refractivity contribution in [2.24, 2.45) is 0 Å². The Morgan fingerprint density at radius 3 is 2.24 bits per heavy atom. The minimum Gasteiger partial charge on any atom is -0.478 e. The predicted molar refractivity (Wildman–Crippen MR) is 102 cm³/mol. The third-order valence-electron chi connectivity index (χ3n) is 3.97. The predicted octanol–water partition coefficient (Wildman–Crippen LogP) is 4.86. The number of pyridine rings is 1. The van der Waals surface area contributed by atoms with E-state index in [1.54, 1.807) is 0 Å². The molecule has 0 fully saturated rings. The molecule has 4 nitrogen and oxygen atoms in total. The monoisotopic (exact) mass is 357 g/mol. The van der Waals surface area contributed by atoms with Crippen LogP contribution in [-0.4, -0.2) is 26.9 Å². The van der Waals surface area contributed by atoms with Crippen LogP contribution in [0.15, 0.2) is 30.3 Å². The van der Waals surface area contributed by atoms with Crippen molar-refractivity contribution in [1.82, 2.24) is 4.98 Å². The Morgan fingerprint density at radius 1 is 1.04 bits per heavy atom. The lowest BCUT2D eigenvalue weighted by Crippen LogP contribution is -2.16. The summed E-state index contributed by atoms with van der Waals surface area (Å²) < 4.78 is 0. The highest BCUT2D eigenvalue weighted by Crippen LogP contribution is 2.31. The van der Waals surface area contributed by atoms with Crippen LogP contribution in [0.25, 0.3) is 11.3 Å². The lowest BCUT2D eigenvalue weighted by molar-refractivity contribution is 0.0696. The Morgan fingerprint density at radius 2 is 1.72 bits per heavy atom. The van der Waals surface area contributed by atoms with Gasteiger partial charge in [-0.25, -0.2) is 4.79 Å². The standard InChI is InChI=1S/C20H23NO3S/c1-4-12-25-20(24)16-14(5-2)17(19(22)23)18(21-15(16)6-3)13-10-8-7-9-11-13/h7-11H,4-6,12H2,1-3H3,(H,22,23). The van der Waals surface area contributed by atoms with Gasteiger partial charge in [-0.05, 0) is 24.8 Å². The van der Waals surface area contributed by atoms with Crippen molar-refractivity contribution in [3.63, 3.8) is 0 Å². The van der Waals surface area contributed by atoms with Crippen LogP contribution in [-0.2, 0) is 12.8 Å². The maximum atomic E-state index is 12.7. The smallest absolute Gasteiger partial charge is 0.338 e. The van der Waals surface area contributed by atoms with E-state index in [1.807, 2.05) is 51.1 Å². The van der Waals surface area contributed by atoms with E-state index in [9.17, 15) is 14.7 Å². The highest BCUT2D eigenvalue weighted by molar-refractivity contribution is 8.14. The highest BCUT2D eigenvalue weighted by Gasteiger charge is 2.26. The number of benzene rings is 1. The first kappa shape index (κ1) is 19.2. The molecule has 0 atom stereocenters. The summed E-state index contributed by atoms with van der Waals surface area (Å²) in [6.45, 7) is 5.84. The fourth-order valence-electron chi connectivity index (χ4n) is 2.84. The van der Waals surface area contributed by atoms with Gasteiger partial charge in [-0.3, -0.25) is 9.78 Å². The number of rotatable bonds is 7. The first-order chi connectivity index (χ1) is 12.0. The van der Waals surface area contributed by atoms with Gasteiger partial charge in [0.25, 0.3) is 0 Å². The van der Waals surface area contributed by atoms with Gasteiger partial charge in [-0.2, -0.15) is 0 Å². The van der Waals surface area contributed by atoms with Crippen molar-refractivity contribution in [2.75, 3.05) is 5.75 Å². The van der Waals surface area contributed by atoms with E-state index in [1.165, 1.54) is 11.8 Å². The summed E-state index contributed by atoms with van der Waals surface area (Å²) in [5.41, 5.74) is 3.09. The van der Waals surface area contributed by atoms with Crippen LogP contribution >= 0.6 is 11.8 Å². The second-order valence-electron chi connectivity index (χ2n) is 5.65. The van der Waals surface area contributed by atoms with Gasteiger partial charge >= 0.3 is 5.97 Å². The van der Waals surface area contributed by atoms with Crippen molar-refractivity contribution in [3.8, 4) is 11.3 Å². The second kappa shape index (κ2) is 8.81. The summed E-state index contributed by atoms with van der Waals surface area (Å²) in [6.07, 6.45) is 1.95. The summed E-state index contributed by atoms with van der Waals surface area (Å²) in [6, 6.07) is 9.29. The highest BCUT2D eigenvalue weighted by atomic mass is 32.2. The Kier molecular flexibility index (Phi) is 6.76. The van der Waals surface area contributed by atoms with Gasteiger partial charge in [0.15, 0.2) is 0 Å². The van der Waals surface area contributed by atoms with Gasteiger partial charge in [0.1, 0.15) is 0 Å². The topological polar surface area (TPSA) is 67.3 Å². The number of nitrogens with zero attached hydrogens (tertiary/aromatic N) is 1. The summed E-state index contributed by atoms with van der Waals surface area (Å²) >= 11 is 1.24. The fourth-order valence-corrected chi connectivity index (χ4v) is 3.62. The molecule has 0 aliphatic rings. The molecule has 5 heteroatoms. The third kappa shape index (κ3) is 4.10. The molecule has 132 valence electrons. The van der Waals surface area contributed by atoms with Gasteiger partial charge < -0.3 is 5.11 Å². The normalized spacial score (nSPS) is 10.7. The molecule has 0 spiro atoms. The van der Waals surface area contributed by atoms with Crippen molar-refractivity contribution >= 4 is 22.8 Å². The van der Waals surface area contributed by atoms with Crippen LogP contribution < -0.4 is 0 Å². The third-order valence-corrected chi connectivity index (χ3v) is 5.05. The van der Waals surface area contributed by atoms with Gasteiger partial charge in [0, 0.05) is 11.3 Å². The molecule has 0 bridgehead atoms. The van der Waals surface area contributed by atoms with Gasteiger partial charge in [0.2, 0.25) is 5.12 Å². The Hall–Kier alpha value is -2.14. The first-order valence-corrected chi connectivity index (χ1v) is 9.55. The van der Waals surface area contributed by atoms with E-state index in [2.05, 4.69) is 4.98 Å². The van der Waals surface area contributed by atoms with E-state index >= 15 is 0 Å². The summed E-state index contributed by atoms with van der Waals surface area (Å²) in [7, 11) is 0. The number of aromatic carboxylic acids is 1. The number of aromatic nitrogens is 1. The number of carboxylic acid groups (broad SMARTS) is 1. The number of thioether (sulfide) groups is 1. The largest absolute Gasteiger partial charge is 0.478 e. The molecule has 2 aromatic rings. The zero-order chi connectivity index (χ0) is 18.4. The first-order valence-electron chi connectivity index (χ1n) is 8.56. The molecule has 0 aliphatic carbocycles. The molecule has 0 unspecified atom stereocenters. The van der Waals surface area contributed by atoms with Crippen molar-refractivity contribution < 1.29 is 14.7 Å². The molecule has 0 radical (unpaired) electrons. The summed E-state index contributed by atoms with van der Waals surface area (Å²) in [5.74, 6) is -0.325. The van der Waals surface area contributed by atoms with Crippen LogP contribution in [0.2, 0.25) is 0 Å². The summed E-state index contributed by atoms with van der Waals surface area (Å²) in [5, 5.41) is 9.75. The van der Waals surface area contributed by atoms with Gasteiger partial charge in [0.05, 0.1) is 22.5 Å². The molecule has 0 saturated heterocycles. The van der Waals surface area contributed by atoms with Crippen molar-refractivity contribution in [2.45, 2.75) is 40.0 Å². The van der Waals surface area contributed by atoms with E-state index in [0.717, 1.165) is 12.0 Å². The molecule has 1 aromatic carbocycles. The zero-order valence-corrected chi connectivity index (χ0v) is 15.7. The number of carboxylic acids is 1. The number of aryl methyl sites for hydroxylation is 1. The SMILES string of the molecule is CCCSC(=O)c1c(CC)nc(-c2ccccc2)c(C(=O)O)c1CC. The number of hydrogen-bond donors (Lipinski definition) is 1. The molecular formula is C20H23NO3S. The van der Waals surface area contributed by atoms with E-state index in [0.29, 0.717) is 41.1 Å². The quantitative estimate of drug-likeness (QED) is 0.767. The second-order valence-corrected chi connectivity index (χ2v) is 6.72. The molecule has 1 aromatic heterocycles. The fraction of sp³-hybridized carbons (Fsp3) is 0.350. The molecule has 25 heavy (non-hydrogen) atoms. The van der Waals surface area contributed by atoms with Crippen LogP contribution in [0.5, 0.6) is 0 Å². The Balaban J connectivity index is 2.76. The Labute approximate surface area is 152 Å². The van der Waals surface area contributed by atoms with Crippen LogP contribution in [0.3, 0.4) is 0 Å². The average Bonchev–Trinajstić information content (AvgIpc) is 2.64. The van der Waals surface area contributed by atoms with Crippen LogP contribution in [0.1, 0.15) is 59.2 Å². The van der Waals surface area contributed by atoms with E-state index in [-0.39, 0.29) is 10.7 Å². The molecule has 1 N–H and O–H groups in total. The molecule has 0 saturated carbocycles. The molecule has 1 heterocycles. The Bertz CT molecular complexity index is 772. The van der Waals surface area contributed by atoms with Crippen LogP contribution in [0.4, 0.5) is 0 Å².